The Hall–Kier alpha value is -2.47. The molecule has 2 aromatic rings. The summed E-state index contributed by atoms with van der Waals surface area (Å²) in [6.07, 6.45) is 3.69. The molecule has 0 saturated carbocycles. The average molecular weight is 424 g/mol. The van der Waals surface area contributed by atoms with Gasteiger partial charge in [-0.05, 0) is 30.4 Å². The molecule has 5 nitrogen and oxygen atoms in total. The number of amides is 1. The van der Waals surface area contributed by atoms with Gasteiger partial charge in [-0.2, -0.15) is 0 Å². The number of likely N-dealkylation sites (tertiary alicyclic amines) is 1. The van der Waals surface area contributed by atoms with Crippen LogP contribution in [-0.2, 0) is 27.5 Å². The smallest absolute Gasteiger partial charge is 0.220 e. The number of hydrogen-bond donors (Lipinski definition) is 1. The fraction of sp³-hybridized carbons (Fsp3) is 0.423. The molecule has 1 N–H and O–H groups in total. The molecule has 4 atom stereocenters. The van der Waals surface area contributed by atoms with Crippen molar-refractivity contribution in [2.24, 2.45) is 0 Å². The second kappa shape index (κ2) is 11.8. The summed E-state index contributed by atoms with van der Waals surface area (Å²) in [5.41, 5.74) is 2.11. The van der Waals surface area contributed by atoms with Crippen molar-refractivity contribution < 1.29 is 19.4 Å². The Labute approximate surface area is 185 Å². The van der Waals surface area contributed by atoms with Crippen LogP contribution in [0, 0.1) is 0 Å². The highest BCUT2D eigenvalue weighted by Gasteiger charge is 2.51. The molecule has 2 aromatic carbocycles. The molecule has 0 spiro atoms. The maximum atomic E-state index is 12.6. The zero-order valence-electron chi connectivity index (χ0n) is 18.2. The Bertz CT molecular complexity index is 811. The highest BCUT2D eigenvalue weighted by Crippen LogP contribution is 2.34. The van der Waals surface area contributed by atoms with E-state index in [1.807, 2.05) is 66.7 Å². The van der Waals surface area contributed by atoms with Crippen LogP contribution in [-0.4, -0.2) is 46.8 Å². The van der Waals surface area contributed by atoms with Gasteiger partial charge in [-0.15, -0.1) is 6.58 Å². The summed E-state index contributed by atoms with van der Waals surface area (Å²) in [5.74, 6) is -0.0678. The molecule has 1 saturated heterocycles. The van der Waals surface area contributed by atoms with E-state index in [1.54, 1.807) is 11.8 Å². The van der Waals surface area contributed by atoms with Crippen LogP contribution in [0.5, 0.6) is 0 Å². The van der Waals surface area contributed by atoms with Crippen molar-refractivity contribution in [3.8, 4) is 0 Å². The van der Waals surface area contributed by atoms with Crippen LogP contribution in [0.4, 0.5) is 0 Å². The predicted octanol–water partition coefficient (Wildman–Crippen LogP) is 4.11. The van der Waals surface area contributed by atoms with E-state index in [0.29, 0.717) is 13.2 Å². The van der Waals surface area contributed by atoms with E-state index >= 15 is 0 Å². The molecular formula is C26H33NO4. The number of carbonyl (C=O) groups excluding carboxylic acids is 1. The van der Waals surface area contributed by atoms with Gasteiger partial charge in [0.25, 0.3) is 0 Å². The zero-order chi connectivity index (χ0) is 22.1. The number of hydrogen-bond acceptors (Lipinski definition) is 4. The standard InChI is InChI=1S/C26H33NO4/c1-3-4-7-16-23-25(30-18-21-12-8-5-9-13-21)26(24(17-28)27(23)20(2)29)31-19-22-14-10-6-11-15-22/h3,5-6,8-15,23-26,28H,1,4,7,16-19H2,2H3. The van der Waals surface area contributed by atoms with Crippen LogP contribution in [0.25, 0.3) is 0 Å². The fourth-order valence-electron chi connectivity index (χ4n) is 4.38. The lowest BCUT2D eigenvalue weighted by Gasteiger charge is -2.29. The molecule has 0 aliphatic carbocycles. The Balaban J connectivity index is 1.83. The number of allylic oxidation sites excluding steroid dienone is 1. The van der Waals surface area contributed by atoms with E-state index in [0.717, 1.165) is 30.4 Å². The topological polar surface area (TPSA) is 59.0 Å². The third-order valence-corrected chi connectivity index (χ3v) is 5.83. The van der Waals surface area contributed by atoms with Crippen molar-refractivity contribution >= 4 is 5.91 Å². The van der Waals surface area contributed by atoms with Crippen molar-refractivity contribution in [1.82, 2.24) is 4.90 Å². The molecule has 0 aromatic heterocycles. The largest absolute Gasteiger partial charge is 0.394 e. The summed E-state index contributed by atoms with van der Waals surface area (Å²) in [4.78, 5) is 14.4. The SMILES string of the molecule is C=CCCCC1C(OCc2ccccc2)C(OCc2ccccc2)C(CO)N1C(C)=O. The van der Waals surface area contributed by atoms with Gasteiger partial charge in [-0.25, -0.2) is 0 Å². The van der Waals surface area contributed by atoms with Crippen molar-refractivity contribution in [3.63, 3.8) is 0 Å². The second-order valence-electron chi connectivity index (χ2n) is 7.99. The summed E-state index contributed by atoms with van der Waals surface area (Å²) >= 11 is 0. The number of rotatable bonds is 11. The summed E-state index contributed by atoms with van der Waals surface area (Å²) in [5, 5.41) is 10.2. The first-order chi connectivity index (χ1) is 15.2. The zero-order valence-corrected chi connectivity index (χ0v) is 18.2. The van der Waals surface area contributed by atoms with Crippen LogP contribution < -0.4 is 0 Å². The minimum atomic E-state index is -0.435. The third kappa shape index (κ3) is 6.03. The Morgan fingerprint density at radius 2 is 1.48 bits per heavy atom. The number of benzene rings is 2. The number of nitrogens with zero attached hydrogens (tertiary/aromatic N) is 1. The number of aliphatic hydroxyl groups excluding tert-OH is 1. The minimum absolute atomic E-state index is 0.0678. The van der Waals surface area contributed by atoms with E-state index in [2.05, 4.69) is 6.58 Å². The van der Waals surface area contributed by atoms with E-state index in [1.165, 1.54) is 0 Å². The van der Waals surface area contributed by atoms with Gasteiger partial charge in [0.05, 0.1) is 31.9 Å². The van der Waals surface area contributed by atoms with Crippen LogP contribution in [0.3, 0.4) is 0 Å². The van der Waals surface area contributed by atoms with E-state index in [-0.39, 0.29) is 24.7 Å². The minimum Gasteiger partial charge on any atom is -0.394 e. The van der Waals surface area contributed by atoms with Gasteiger partial charge in [0, 0.05) is 6.92 Å². The quantitative estimate of drug-likeness (QED) is 0.437. The molecule has 0 radical (unpaired) electrons. The van der Waals surface area contributed by atoms with Crippen LogP contribution in [0.1, 0.15) is 37.3 Å². The number of carbonyl (C=O) groups is 1. The Morgan fingerprint density at radius 1 is 0.968 bits per heavy atom. The monoisotopic (exact) mass is 423 g/mol. The second-order valence-corrected chi connectivity index (χ2v) is 7.99. The van der Waals surface area contributed by atoms with Gasteiger partial charge in [0.2, 0.25) is 5.91 Å². The van der Waals surface area contributed by atoms with Crippen LogP contribution in [0.2, 0.25) is 0 Å². The molecular weight excluding hydrogens is 390 g/mol. The molecule has 31 heavy (non-hydrogen) atoms. The highest BCUT2D eigenvalue weighted by atomic mass is 16.5. The predicted molar refractivity (Wildman–Crippen MR) is 121 cm³/mol. The first-order valence-electron chi connectivity index (χ1n) is 11.0. The van der Waals surface area contributed by atoms with Crippen molar-refractivity contribution in [2.75, 3.05) is 6.61 Å². The lowest BCUT2D eigenvalue weighted by molar-refractivity contribution is -0.134. The van der Waals surface area contributed by atoms with Crippen molar-refractivity contribution in [3.05, 3.63) is 84.4 Å². The number of unbranched alkanes of at least 4 members (excludes halogenated alkanes) is 1. The molecule has 1 aliphatic heterocycles. The molecule has 3 rings (SSSR count). The van der Waals surface area contributed by atoms with Gasteiger partial charge in [-0.3, -0.25) is 4.79 Å². The Morgan fingerprint density at radius 3 is 1.94 bits per heavy atom. The van der Waals surface area contributed by atoms with Crippen molar-refractivity contribution in [1.29, 1.82) is 0 Å². The van der Waals surface area contributed by atoms with Crippen LogP contribution >= 0.6 is 0 Å². The van der Waals surface area contributed by atoms with Crippen LogP contribution in [0.15, 0.2) is 73.3 Å². The molecule has 0 bridgehead atoms. The molecule has 1 fully saturated rings. The van der Waals surface area contributed by atoms with Gasteiger partial charge in [0.1, 0.15) is 12.2 Å². The molecule has 166 valence electrons. The summed E-state index contributed by atoms with van der Waals surface area (Å²) in [7, 11) is 0. The normalized spacial score (nSPS) is 23.1. The lowest BCUT2D eigenvalue weighted by atomic mass is 10.0. The maximum Gasteiger partial charge on any atom is 0.220 e. The van der Waals surface area contributed by atoms with Gasteiger partial charge in [-0.1, -0.05) is 66.7 Å². The van der Waals surface area contributed by atoms with E-state index in [4.69, 9.17) is 9.47 Å². The lowest BCUT2D eigenvalue weighted by Crippen LogP contribution is -2.44. The summed E-state index contributed by atoms with van der Waals surface area (Å²) < 4.78 is 12.7. The number of ether oxygens (including phenoxy) is 2. The summed E-state index contributed by atoms with van der Waals surface area (Å²) in [6, 6.07) is 19.3. The molecule has 5 heteroatoms. The maximum absolute atomic E-state index is 12.6. The van der Waals surface area contributed by atoms with E-state index in [9.17, 15) is 9.90 Å². The fourth-order valence-corrected chi connectivity index (χ4v) is 4.38. The average Bonchev–Trinajstić information content (AvgIpc) is 3.10. The molecule has 4 unspecified atom stereocenters. The molecule has 1 heterocycles. The van der Waals surface area contributed by atoms with E-state index < -0.39 is 12.1 Å². The van der Waals surface area contributed by atoms with Gasteiger partial charge < -0.3 is 19.5 Å². The highest BCUT2D eigenvalue weighted by molar-refractivity contribution is 5.74. The molecule has 1 aliphatic rings. The number of aliphatic hydroxyl groups is 1. The summed E-state index contributed by atoms with van der Waals surface area (Å²) in [6.45, 7) is 6.02. The first kappa shape index (κ1) is 23.2. The Kier molecular flexibility index (Phi) is 8.83. The van der Waals surface area contributed by atoms with Crippen molar-refractivity contribution in [2.45, 2.75) is 63.7 Å². The molecule has 1 amide bonds. The third-order valence-electron chi connectivity index (χ3n) is 5.83. The van der Waals surface area contributed by atoms with Gasteiger partial charge in [0.15, 0.2) is 0 Å². The first-order valence-corrected chi connectivity index (χ1v) is 11.0. The van der Waals surface area contributed by atoms with Gasteiger partial charge >= 0.3 is 0 Å².